The molecule has 64 valence electrons. The number of nitrogens with two attached hydrogens (primary N) is 1. The second kappa shape index (κ2) is 2.41. The first-order chi connectivity index (χ1) is 5.68. The highest BCUT2D eigenvalue weighted by atomic mass is 32.1. The maximum atomic E-state index is 5.52. The Kier molecular flexibility index (Phi) is 1.50. The second-order valence-corrected chi connectivity index (χ2v) is 3.84. The van der Waals surface area contributed by atoms with E-state index in [1.165, 1.54) is 11.3 Å². The Morgan fingerprint density at radius 2 is 2.17 bits per heavy atom. The maximum absolute atomic E-state index is 5.52. The number of nitrogens with zero attached hydrogens (tertiary/aromatic N) is 4. The van der Waals surface area contributed by atoms with E-state index in [2.05, 4.69) is 15.3 Å². The zero-order valence-electron chi connectivity index (χ0n) is 6.85. The third kappa shape index (κ3) is 0.953. The SMILES string of the molecule is CC(C)c1nnc2sc(N)nn12. The Bertz CT molecular complexity index is 401. The van der Waals surface area contributed by atoms with Crippen LogP contribution in [0.1, 0.15) is 25.6 Å². The molecular weight excluding hydrogens is 174 g/mol. The Balaban J connectivity index is 2.68. The third-order valence-electron chi connectivity index (χ3n) is 1.55. The van der Waals surface area contributed by atoms with E-state index in [9.17, 15) is 0 Å². The molecule has 0 aromatic carbocycles. The molecule has 2 rings (SSSR count). The van der Waals surface area contributed by atoms with Crippen LogP contribution in [0.5, 0.6) is 0 Å². The number of hydrogen-bond acceptors (Lipinski definition) is 5. The van der Waals surface area contributed by atoms with Gasteiger partial charge in [-0.1, -0.05) is 25.2 Å². The first kappa shape index (κ1) is 7.48. The predicted molar refractivity (Wildman–Crippen MR) is 47.2 cm³/mol. The van der Waals surface area contributed by atoms with Crippen molar-refractivity contribution in [1.82, 2.24) is 19.8 Å². The van der Waals surface area contributed by atoms with E-state index in [-0.39, 0.29) is 0 Å². The summed E-state index contributed by atoms with van der Waals surface area (Å²) < 4.78 is 1.70. The lowest BCUT2D eigenvalue weighted by atomic mass is 10.2. The maximum Gasteiger partial charge on any atom is 0.236 e. The zero-order chi connectivity index (χ0) is 8.72. The molecule has 0 unspecified atom stereocenters. The van der Waals surface area contributed by atoms with Crippen LogP contribution >= 0.6 is 11.3 Å². The fourth-order valence-electron chi connectivity index (χ4n) is 1.01. The van der Waals surface area contributed by atoms with Gasteiger partial charge < -0.3 is 5.73 Å². The van der Waals surface area contributed by atoms with E-state index < -0.39 is 0 Å². The summed E-state index contributed by atoms with van der Waals surface area (Å²) in [5.41, 5.74) is 5.52. The fraction of sp³-hybridized carbons (Fsp3) is 0.500. The van der Waals surface area contributed by atoms with E-state index in [4.69, 9.17) is 5.73 Å². The van der Waals surface area contributed by atoms with Crippen LogP contribution in [0, 0.1) is 0 Å². The summed E-state index contributed by atoms with van der Waals surface area (Å²) in [7, 11) is 0. The molecule has 6 heteroatoms. The molecule has 2 aromatic heterocycles. The molecule has 0 amide bonds. The van der Waals surface area contributed by atoms with Crippen molar-refractivity contribution < 1.29 is 0 Å². The lowest BCUT2D eigenvalue weighted by Crippen LogP contribution is -1.98. The van der Waals surface area contributed by atoms with Gasteiger partial charge in [0, 0.05) is 5.92 Å². The molecular formula is C6H9N5S. The summed E-state index contributed by atoms with van der Waals surface area (Å²) in [6.45, 7) is 4.10. The van der Waals surface area contributed by atoms with E-state index >= 15 is 0 Å². The van der Waals surface area contributed by atoms with Crippen LogP contribution in [0.15, 0.2) is 0 Å². The number of hydrogen-bond donors (Lipinski definition) is 1. The Labute approximate surface area is 73.2 Å². The van der Waals surface area contributed by atoms with Gasteiger partial charge in [-0.15, -0.1) is 15.3 Å². The number of fused-ring (bicyclic) bond motifs is 1. The van der Waals surface area contributed by atoms with Crippen molar-refractivity contribution in [3.63, 3.8) is 0 Å². The molecule has 5 nitrogen and oxygen atoms in total. The van der Waals surface area contributed by atoms with Gasteiger partial charge in [-0.05, 0) is 0 Å². The monoisotopic (exact) mass is 183 g/mol. The summed E-state index contributed by atoms with van der Waals surface area (Å²) in [6.07, 6.45) is 0. The van der Waals surface area contributed by atoms with Crippen molar-refractivity contribution in [2.75, 3.05) is 5.73 Å². The molecule has 0 saturated carbocycles. The summed E-state index contributed by atoms with van der Waals surface area (Å²) in [6, 6.07) is 0. The van der Waals surface area contributed by atoms with Crippen LogP contribution in [0.4, 0.5) is 5.13 Å². The molecule has 0 fully saturated rings. The van der Waals surface area contributed by atoms with Crippen LogP contribution < -0.4 is 5.73 Å². The van der Waals surface area contributed by atoms with Gasteiger partial charge in [0.05, 0.1) is 0 Å². The molecule has 0 aliphatic heterocycles. The van der Waals surface area contributed by atoms with Gasteiger partial charge in [-0.25, -0.2) is 0 Å². The number of rotatable bonds is 1. The van der Waals surface area contributed by atoms with Crippen LogP contribution in [0.3, 0.4) is 0 Å². The first-order valence-corrected chi connectivity index (χ1v) is 4.47. The first-order valence-electron chi connectivity index (χ1n) is 3.66. The Hall–Kier alpha value is -1.17. The summed E-state index contributed by atoms with van der Waals surface area (Å²) in [4.78, 5) is 0.760. The molecule has 0 saturated heterocycles. The fourth-order valence-corrected chi connectivity index (χ4v) is 1.62. The molecule has 0 aliphatic carbocycles. The van der Waals surface area contributed by atoms with Crippen molar-refractivity contribution in [1.29, 1.82) is 0 Å². The van der Waals surface area contributed by atoms with Crippen LogP contribution in [0.2, 0.25) is 0 Å². The topological polar surface area (TPSA) is 69.1 Å². The highest BCUT2D eigenvalue weighted by Gasteiger charge is 2.12. The molecule has 2 aromatic rings. The Morgan fingerprint density at radius 1 is 1.42 bits per heavy atom. The number of anilines is 1. The molecule has 0 aliphatic rings. The average Bonchev–Trinajstić information content (AvgIpc) is 2.43. The van der Waals surface area contributed by atoms with Crippen molar-refractivity contribution in [3.8, 4) is 0 Å². The van der Waals surface area contributed by atoms with Gasteiger partial charge >= 0.3 is 0 Å². The summed E-state index contributed by atoms with van der Waals surface area (Å²) in [5.74, 6) is 1.18. The average molecular weight is 183 g/mol. The van der Waals surface area contributed by atoms with Crippen LogP contribution in [0.25, 0.3) is 4.96 Å². The molecule has 0 radical (unpaired) electrons. The predicted octanol–water partition coefficient (Wildman–Crippen LogP) is 0.891. The van der Waals surface area contributed by atoms with Crippen molar-refractivity contribution in [3.05, 3.63) is 5.82 Å². The molecule has 2 N–H and O–H groups in total. The smallest absolute Gasteiger partial charge is 0.236 e. The minimum absolute atomic E-state index is 0.321. The largest absolute Gasteiger partial charge is 0.374 e. The standard InChI is InChI=1S/C6H9N5S/c1-3(2)4-8-9-6-11(4)10-5(7)12-6/h3H,1-2H3,(H2,7,10). The number of aromatic nitrogens is 4. The molecule has 0 spiro atoms. The van der Waals surface area contributed by atoms with Gasteiger partial charge in [0.25, 0.3) is 0 Å². The minimum atomic E-state index is 0.321. The zero-order valence-corrected chi connectivity index (χ0v) is 7.67. The highest BCUT2D eigenvalue weighted by Crippen LogP contribution is 2.18. The lowest BCUT2D eigenvalue weighted by molar-refractivity contribution is 0.727. The quantitative estimate of drug-likeness (QED) is 0.712. The van der Waals surface area contributed by atoms with Crippen molar-refractivity contribution in [2.45, 2.75) is 19.8 Å². The second-order valence-electron chi connectivity index (χ2n) is 2.85. The highest BCUT2D eigenvalue weighted by molar-refractivity contribution is 7.20. The summed E-state index contributed by atoms with van der Waals surface area (Å²) in [5, 5.41) is 12.6. The van der Waals surface area contributed by atoms with E-state index in [0.717, 1.165) is 10.8 Å². The molecule has 0 atom stereocenters. The molecule has 2 heterocycles. The van der Waals surface area contributed by atoms with Crippen LogP contribution in [-0.2, 0) is 0 Å². The normalized spacial score (nSPS) is 11.6. The molecule has 0 bridgehead atoms. The number of nitrogen functional groups attached to an aromatic ring is 1. The van der Waals surface area contributed by atoms with Gasteiger partial charge in [-0.3, -0.25) is 0 Å². The van der Waals surface area contributed by atoms with Gasteiger partial charge in [-0.2, -0.15) is 4.52 Å². The van der Waals surface area contributed by atoms with E-state index in [0.29, 0.717) is 11.0 Å². The minimum Gasteiger partial charge on any atom is -0.374 e. The van der Waals surface area contributed by atoms with Gasteiger partial charge in [0.15, 0.2) is 5.82 Å². The Morgan fingerprint density at radius 3 is 2.83 bits per heavy atom. The van der Waals surface area contributed by atoms with Crippen LogP contribution in [-0.4, -0.2) is 19.8 Å². The summed E-state index contributed by atoms with van der Waals surface area (Å²) >= 11 is 1.35. The van der Waals surface area contributed by atoms with E-state index in [1.807, 2.05) is 13.8 Å². The molecule has 12 heavy (non-hydrogen) atoms. The van der Waals surface area contributed by atoms with Crippen molar-refractivity contribution >= 4 is 21.4 Å². The third-order valence-corrected chi connectivity index (χ3v) is 2.27. The van der Waals surface area contributed by atoms with Gasteiger partial charge in [0.1, 0.15) is 0 Å². The lowest BCUT2D eigenvalue weighted by Gasteiger charge is -1.96. The van der Waals surface area contributed by atoms with Gasteiger partial charge in [0.2, 0.25) is 10.1 Å². The van der Waals surface area contributed by atoms with Crippen molar-refractivity contribution in [2.24, 2.45) is 0 Å². The van der Waals surface area contributed by atoms with E-state index in [1.54, 1.807) is 4.52 Å².